The normalized spacial score (nSPS) is 11.0. The fourth-order valence-corrected chi connectivity index (χ4v) is 2.80. The molecule has 5 heteroatoms. The van der Waals surface area contributed by atoms with E-state index in [9.17, 15) is 0 Å². The van der Waals surface area contributed by atoms with Gasteiger partial charge in [0.15, 0.2) is 0 Å². The SMILES string of the molecule is Cn1ccc2cc(O[B]Oc3ccc4c(ccn4C)c3)ccc21. The Morgan fingerprint density at radius 2 is 1.17 bits per heavy atom. The summed E-state index contributed by atoms with van der Waals surface area (Å²) < 4.78 is 15.3. The average molecular weight is 303 g/mol. The van der Waals surface area contributed by atoms with Crippen molar-refractivity contribution in [1.29, 1.82) is 0 Å². The quantitative estimate of drug-likeness (QED) is 0.538. The summed E-state index contributed by atoms with van der Waals surface area (Å²) in [6.45, 7) is 0. The zero-order valence-electron chi connectivity index (χ0n) is 13.1. The van der Waals surface area contributed by atoms with E-state index < -0.39 is 0 Å². The third-order valence-electron chi connectivity index (χ3n) is 4.08. The van der Waals surface area contributed by atoms with Crippen molar-refractivity contribution < 1.29 is 9.31 Å². The van der Waals surface area contributed by atoms with Gasteiger partial charge in [0, 0.05) is 48.3 Å². The van der Waals surface area contributed by atoms with Gasteiger partial charge in [-0.2, -0.15) is 0 Å². The molecule has 0 saturated carbocycles. The molecule has 0 saturated heterocycles. The van der Waals surface area contributed by atoms with Crippen LogP contribution in [0.15, 0.2) is 60.9 Å². The monoisotopic (exact) mass is 303 g/mol. The summed E-state index contributed by atoms with van der Waals surface area (Å²) in [4.78, 5) is 0. The van der Waals surface area contributed by atoms with E-state index in [1.807, 2.05) is 62.9 Å². The molecule has 23 heavy (non-hydrogen) atoms. The third kappa shape index (κ3) is 2.54. The van der Waals surface area contributed by atoms with E-state index in [-0.39, 0.29) is 0 Å². The van der Waals surface area contributed by atoms with Crippen LogP contribution in [0.5, 0.6) is 11.5 Å². The second-order valence-electron chi connectivity index (χ2n) is 5.63. The Balaban J connectivity index is 1.45. The number of benzene rings is 2. The molecule has 0 bridgehead atoms. The van der Waals surface area contributed by atoms with E-state index in [1.165, 1.54) is 18.7 Å². The van der Waals surface area contributed by atoms with Gasteiger partial charge in [0.05, 0.1) is 0 Å². The van der Waals surface area contributed by atoms with Gasteiger partial charge in [0.1, 0.15) is 11.5 Å². The van der Waals surface area contributed by atoms with Gasteiger partial charge in [0.2, 0.25) is 0 Å². The molecule has 113 valence electrons. The highest BCUT2D eigenvalue weighted by Gasteiger charge is 2.06. The van der Waals surface area contributed by atoms with Crippen LogP contribution in [0.1, 0.15) is 0 Å². The van der Waals surface area contributed by atoms with E-state index in [1.54, 1.807) is 0 Å². The second-order valence-corrected chi connectivity index (χ2v) is 5.63. The first-order valence-corrected chi connectivity index (χ1v) is 7.46. The maximum absolute atomic E-state index is 5.58. The number of fused-ring (bicyclic) bond motifs is 2. The molecule has 4 aromatic rings. The van der Waals surface area contributed by atoms with Crippen LogP contribution in [0.2, 0.25) is 0 Å². The fourth-order valence-electron chi connectivity index (χ4n) is 2.80. The molecular weight excluding hydrogens is 287 g/mol. The molecule has 0 N–H and O–H groups in total. The first-order chi connectivity index (χ1) is 11.2. The van der Waals surface area contributed by atoms with Crippen molar-refractivity contribution in [1.82, 2.24) is 9.13 Å². The number of aromatic nitrogens is 2. The predicted molar refractivity (Wildman–Crippen MR) is 92.8 cm³/mol. The Bertz CT molecular complexity index is 907. The number of hydrogen-bond acceptors (Lipinski definition) is 2. The first kappa shape index (κ1) is 13.8. The molecule has 0 atom stereocenters. The Kier molecular flexibility index (Phi) is 3.26. The van der Waals surface area contributed by atoms with Gasteiger partial charge in [-0.15, -0.1) is 0 Å². The van der Waals surface area contributed by atoms with Crippen LogP contribution in [0.25, 0.3) is 21.8 Å². The molecule has 0 fully saturated rings. The van der Waals surface area contributed by atoms with Crippen molar-refractivity contribution in [2.24, 2.45) is 14.1 Å². The fraction of sp³-hybridized carbons (Fsp3) is 0.111. The predicted octanol–water partition coefficient (Wildman–Crippen LogP) is 3.66. The van der Waals surface area contributed by atoms with Crippen molar-refractivity contribution in [2.45, 2.75) is 0 Å². The summed E-state index contributed by atoms with van der Waals surface area (Å²) in [5.41, 5.74) is 2.35. The summed E-state index contributed by atoms with van der Waals surface area (Å²) in [5, 5.41) is 2.29. The zero-order chi connectivity index (χ0) is 15.8. The number of aryl methyl sites for hydroxylation is 2. The molecule has 4 nitrogen and oxygen atoms in total. The van der Waals surface area contributed by atoms with E-state index in [4.69, 9.17) is 9.31 Å². The molecule has 0 amide bonds. The highest BCUT2D eigenvalue weighted by molar-refractivity contribution is 6.20. The molecule has 4 rings (SSSR count). The molecule has 0 aliphatic rings. The summed E-state index contributed by atoms with van der Waals surface area (Å²) in [7, 11) is 5.42. The molecule has 0 aliphatic carbocycles. The van der Waals surface area contributed by atoms with E-state index in [0.29, 0.717) is 0 Å². The van der Waals surface area contributed by atoms with Gasteiger partial charge in [-0.3, -0.25) is 0 Å². The van der Waals surface area contributed by atoms with Crippen LogP contribution in [0.4, 0.5) is 0 Å². The van der Waals surface area contributed by atoms with Crippen LogP contribution in [-0.2, 0) is 14.1 Å². The van der Waals surface area contributed by atoms with Crippen molar-refractivity contribution >= 4 is 29.5 Å². The standard InChI is InChI=1S/C18H16BN2O2/c1-20-9-7-13-11-15(3-5-17(13)20)22-19-23-16-4-6-18-14(12-16)8-10-21(18)2/h3-12H,1-2H3. The Hall–Kier alpha value is -2.82. The first-order valence-electron chi connectivity index (χ1n) is 7.46. The number of rotatable bonds is 4. The molecule has 0 unspecified atom stereocenters. The van der Waals surface area contributed by atoms with Crippen LogP contribution >= 0.6 is 0 Å². The smallest absolute Gasteiger partial charge is 0.526 e. The lowest BCUT2D eigenvalue weighted by atomic mass is 10.2. The van der Waals surface area contributed by atoms with Gasteiger partial charge in [0.25, 0.3) is 0 Å². The van der Waals surface area contributed by atoms with Gasteiger partial charge in [-0.25, -0.2) is 0 Å². The van der Waals surface area contributed by atoms with Crippen LogP contribution in [-0.4, -0.2) is 16.8 Å². The Morgan fingerprint density at radius 3 is 1.65 bits per heavy atom. The zero-order valence-corrected chi connectivity index (χ0v) is 13.1. The van der Waals surface area contributed by atoms with Gasteiger partial charge in [-0.1, -0.05) is 0 Å². The molecular formula is C18H16BN2O2. The lowest BCUT2D eigenvalue weighted by Crippen LogP contribution is -2.10. The average Bonchev–Trinajstić information content (AvgIpc) is 3.11. The number of nitrogens with zero attached hydrogens (tertiary/aromatic N) is 2. The van der Waals surface area contributed by atoms with Gasteiger partial charge >= 0.3 is 7.69 Å². The third-order valence-corrected chi connectivity index (χ3v) is 4.08. The van der Waals surface area contributed by atoms with E-state index in [0.717, 1.165) is 22.3 Å². The highest BCUT2D eigenvalue weighted by atomic mass is 16.6. The second kappa shape index (κ2) is 5.43. The molecule has 2 heterocycles. The lowest BCUT2D eigenvalue weighted by molar-refractivity contribution is 0.460. The molecule has 1 radical (unpaired) electrons. The Morgan fingerprint density at radius 1 is 0.696 bits per heavy atom. The molecule has 2 aromatic heterocycles. The minimum atomic E-state index is 0.754. The van der Waals surface area contributed by atoms with Crippen LogP contribution in [0, 0.1) is 0 Å². The largest absolute Gasteiger partial charge is 0.658 e. The van der Waals surface area contributed by atoms with Crippen molar-refractivity contribution in [3.8, 4) is 11.5 Å². The maximum atomic E-state index is 5.58. The highest BCUT2D eigenvalue weighted by Crippen LogP contribution is 2.23. The summed E-state index contributed by atoms with van der Waals surface area (Å²) in [6, 6.07) is 16.1. The van der Waals surface area contributed by atoms with Crippen LogP contribution < -0.4 is 9.31 Å². The lowest BCUT2D eigenvalue weighted by Gasteiger charge is -2.07. The van der Waals surface area contributed by atoms with E-state index >= 15 is 0 Å². The van der Waals surface area contributed by atoms with Gasteiger partial charge in [-0.05, 0) is 48.5 Å². The van der Waals surface area contributed by atoms with Crippen molar-refractivity contribution in [3.63, 3.8) is 0 Å². The molecule has 2 aromatic carbocycles. The van der Waals surface area contributed by atoms with Crippen molar-refractivity contribution in [3.05, 3.63) is 60.9 Å². The summed E-state index contributed by atoms with van der Waals surface area (Å²) >= 11 is 0. The summed E-state index contributed by atoms with van der Waals surface area (Å²) in [6.07, 6.45) is 4.06. The topological polar surface area (TPSA) is 28.3 Å². The molecule has 0 spiro atoms. The van der Waals surface area contributed by atoms with Gasteiger partial charge < -0.3 is 18.4 Å². The number of hydrogen-bond donors (Lipinski definition) is 0. The summed E-state index contributed by atoms with van der Waals surface area (Å²) in [5.74, 6) is 1.51. The van der Waals surface area contributed by atoms with Crippen molar-refractivity contribution in [2.75, 3.05) is 0 Å². The minimum absolute atomic E-state index is 0.754. The molecule has 0 aliphatic heterocycles. The minimum Gasteiger partial charge on any atom is -0.526 e. The Labute approximate surface area is 135 Å². The van der Waals surface area contributed by atoms with Crippen LogP contribution in [0.3, 0.4) is 0 Å². The maximum Gasteiger partial charge on any atom is 0.658 e. The van der Waals surface area contributed by atoms with E-state index in [2.05, 4.69) is 21.3 Å².